The molecule has 0 atom stereocenters. The van der Waals surface area contributed by atoms with Crippen molar-refractivity contribution < 1.29 is 13.9 Å². The standard InChI is InChI=1S/C21H23FN4O2/c1-14-10-20(23-12-15-4-7-17(22)8-5-15)26-21(25-14)24-13-16-6-9-18(27-2)19(11-16)28-3/h4-11H,12-13H2,1-3H3,(H2,23,24,25,26). The topological polar surface area (TPSA) is 68.3 Å². The van der Waals surface area contributed by atoms with Gasteiger partial charge in [-0.15, -0.1) is 0 Å². The van der Waals surface area contributed by atoms with Gasteiger partial charge in [-0.25, -0.2) is 9.37 Å². The van der Waals surface area contributed by atoms with Crippen molar-refractivity contribution in [2.24, 2.45) is 0 Å². The van der Waals surface area contributed by atoms with Crippen LogP contribution in [-0.2, 0) is 13.1 Å². The average Bonchev–Trinajstić information content (AvgIpc) is 2.71. The number of ether oxygens (including phenoxy) is 2. The molecule has 1 heterocycles. The molecule has 1 aromatic heterocycles. The lowest BCUT2D eigenvalue weighted by Gasteiger charge is -2.12. The van der Waals surface area contributed by atoms with Crippen LogP contribution in [0.2, 0.25) is 0 Å². The second-order valence-electron chi connectivity index (χ2n) is 6.24. The molecule has 3 aromatic rings. The van der Waals surface area contributed by atoms with E-state index in [0.717, 1.165) is 16.8 Å². The highest BCUT2D eigenvalue weighted by Crippen LogP contribution is 2.27. The molecule has 0 saturated heterocycles. The van der Waals surface area contributed by atoms with Gasteiger partial charge in [0.1, 0.15) is 11.6 Å². The summed E-state index contributed by atoms with van der Waals surface area (Å²) in [6.07, 6.45) is 0. The molecule has 3 rings (SSSR count). The fraction of sp³-hybridized carbons (Fsp3) is 0.238. The van der Waals surface area contributed by atoms with Gasteiger partial charge in [-0.05, 0) is 42.3 Å². The zero-order chi connectivity index (χ0) is 19.9. The van der Waals surface area contributed by atoms with Crippen molar-refractivity contribution in [2.45, 2.75) is 20.0 Å². The number of benzene rings is 2. The first-order valence-corrected chi connectivity index (χ1v) is 8.86. The molecule has 0 aliphatic carbocycles. The Balaban J connectivity index is 1.65. The minimum absolute atomic E-state index is 0.247. The Kier molecular flexibility index (Phi) is 6.26. The van der Waals surface area contributed by atoms with E-state index in [-0.39, 0.29) is 5.82 Å². The van der Waals surface area contributed by atoms with E-state index < -0.39 is 0 Å². The molecule has 0 aliphatic rings. The molecular weight excluding hydrogens is 359 g/mol. The van der Waals surface area contributed by atoms with Crippen LogP contribution in [0.25, 0.3) is 0 Å². The normalized spacial score (nSPS) is 10.4. The molecule has 0 amide bonds. The second kappa shape index (κ2) is 9.03. The molecule has 0 aliphatic heterocycles. The largest absolute Gasteiger partial charge is 0.493 e. The zero-order valence-electron chi connectivity index (χ0n) is 16.1. The average molecular weight is 382 g/mol. The lowest BCUT2D eigenvalue weighted by atomic mass is 10.2. The Labute approximate surface area is 163 Å². The Morgan fingerprint density at radius 3 is 2.21 bits per heavy atom. The summed E-state index contributed by atoms with van der Waals surface area (Å²) in [5.41, 5.74) is 2.83. The summed E-state index contributed by atoms with van der Waals surface area (Å²) in [7, 11) is 3.22. The number of methoxy groups -OCH3 is 2. The highest BCUT2D eigenvalue weighted by atomic mass is 19.1. The van der Waals surface area contributed by atoms with E-state index in [4.69, 9.17) is 9.47 Å². The number of nitrogens with one attached hydrogen (secondary N) is 2. The van der Waals surface area contributed by atoms with Crippen LogP contribution in [0.3, 0.4) is 0 Å². The summed E-state index contributed by atoms with van der Waals surface area (Å²) >= 11 is 0. The van der Waals surface area contributed by atoms with E-state index in [1.807, 2.05) is 31.2 Å². The third-order valence-corrected chi connectivity index (χ3v) is 4.14. The summed E-state index contributed by atoms with van der Waals surface area (Å²) in [6, 6.07) is 14.0. The van der Waals surface area contributed by atoms with Gasteiger partial charge in [0.25, 0.3) is 0 Å². The quantitative estimate of drug-likeness (QED) is 0.610. The zero-order valence-corrected chi connectivity index (χ0v) is 16.1. The maximum Gasteiger partial charge on any atom is 0.225 e. The maximum atomic E-state index is 13.0. The fourth-order valence-corrected chi connectivity index (χ4v) is 2.70. The van der Waals surface area contributed by atoms with E-state index in [1.54, 1.807) is 26.4 Å². The number of anilines is 2. The smallest absolute Gasteiger partial charge is 0.225 e. The molecule has 2 aromatic carbocycles. The summed E-state index contributed by atoms with van der Waals surface area (Å²) in [4.78, 5) is 8.92. The summed E-state index contributed by atoms with van der Waals surface area (Å²) < 4.78 is 23.6. The van der Waals surface area contributed by atoms with Crippen molar-refractivity contribution in [2.75, 3.05) is 24.9 Å². The van der Waals surface area contributed by atoms with Gasteiger partial charge in [-0.3, -0.25) is 0 Å². The molecule has 0 bridgehead atoms. The highest BCUT2D eigenvalue weighted by Gasteiger charge is 2.06. The molecule has 0 fully saturated rings. The van der Waals surface area contributed by atoms with Crippen molar-refractivity contribution in [3.05, 3.63) is 71.2 Å². The maximum absolute atomic E-state index is 13.0. The number of aromatic nitrogens is 2. The van der Waals surface area contributed by atoms with Crippen molar-refractivity contribution in [3.63, 3.8) is 0 Å². The van der Waals surface area contributed by atoms with E-state index >= 15 is 0 Å². The number of halogens is 1. The molecule has 2 N–H and O–H groups in total. The first-order valence-electron chi connectivity index (χ1n) is 8.86. The van der Waals surface area contributed by atoms with Crippen molar-refractivity contribution in [1.82, 2.24) is 9.97 Å². The predicted molar refractivity (Wildman–Crippen MR) is 107 cm³/mol. The molecule has 7 heteroatoms. The molecule has 28 heavy (non-hydrogen) atoms. The van der Waals surface area contributed by atoms with Crippen LogP contribution in [0.4, 0.5) is 16.2 Å². The van der Waals surface area contributed by atoms with Crippen LogP contribution in [0.1, 0.15) is 16.8 Å². The number of hydrogen-bond acceptors (Lipinski definition) is 6. The molecular formula is C21H23FN4O2. The minimum atomic E-state index is -0.247. The van der Waals surface area contributed by atoms with Gasteiger partial charge < -0.3 is 20.1 Å². The summed E-state index contributed by atoms with van der Waals surface area (Å²) in [5, 5.41) is 6.47. The lowest BCUT2D eigenvalue weighted by molar-refractivity contribution is 0.354. The van der Waals surface area contributed by atoms with Crippen LogP contribution < -0.4 is 20.1 Å². The first kappa shape index (κ1) is 19.4. The predicted octanol–water partition coefficient (Wildman–Crippen LogP) is 4.17. The Morgan fingerprint density at radius 2 is 1.50 bits per heavy atom. The minimum Gasteiger partial charge on any atom is -0.493 e. The summed E-state index contributed by atoms with van der Waals surface area (Å²) in [5.74, 6) is 2.34. The highest BCUT2D eigenvalue weighted by molar-refractivity contribution is 5.45. The van der Waals surface area contributed by atoms with Crippen LogP contribution in [0.15, 0.2) is 48.5 Å². The second-order valence-corrected chi connectivity index (χ2v) is 6.24. The van der Waals surface area contributed by atoms with Crippen LogP contribution in [-0.4, -0.2) is 24.2 Å². The fourth-order valence-electron chi connectivity index (χ4n) is 2.70. The van der Waals surface area contributed by atoms with E-state index in [1.165, 1.54) is 12.1 Å². The van der Waals surface area contributed by atoms with Gasteiger partial charge >= 0.3 is 0 Å². The molecule has 0 spiro atoms. The third kappa shape index (κ3) is 5.09. The number of rotatable bonds is 8. The number of aryl methyl sites for hydroxylation is 1. The lowest BCUT2D eigenvalue weighted by Crippen LogP contribution is -2.08. The monoisotopic (exact) mass is 382 g/mol. The summed E-state index contributed by atoms with van der Waals surface area (Å²) in [6.45, 7) is 3.00. The van der Waals surface area contributed by atoms with Gasteiger partial charge in [0.2, 0.25) is 5.95 Å². The molecule has 0 unspecified atom stereocenters. The van der Waals surface area contributed by atoms with E-state index in [9.17, 15) is 4.39 Å². The van der Waals surface area contributed by atoms with Crippen molar-refractivity contribution >= 4 is 11.8 Å². The van der Waals surface area contributed by atoms with Gasteiger partial charge in [0, 0.05) is 24.8 Å². The molecule has 6 nitrogen and oxygen atoms in total. The van der Waals surface area contributed by atoms with Crippen LogP contribution in [0, 0.1) is 12.7 Å². The number of hydrogen-bond donors (Lipinski definition) is 2. The Morgan fingerprint density at radius 1 is 0.821 bits per heavy atom. The van der Waals surface area contributed by atoms with E-state index in [2.05, 4.69) is 20.6 Å². The third-order valence-electron chi connectivity index (χ3n) is 4.14. The van der Waals surface area contributed by atoms with E-state index in [0.29, 0.717) is 36.4 Å². The number of nitrogens with zero attached hydrogens (tertiary/aromatic N) is 2. The Hall–Kier alpha value is -3.35. The molecule has 0 radical (unpaired) electrons. The van der Waals surface area contributed by atoms with Gasteiger partial charge in [-0.2, -0.15) is 4.98 Å². The SMILES string of the molecule is COc1ccc(CNc2nc(C)cc(NCc3ccc(F)cc3)n2)cc1OC. The molecule has 0 saturated carbocycles. The van der Waals surface area contributed by atoms with Crippen LogP contribution in [0.5, 0.6) is 11.5 Å². The van der Waals surface area contributed by atoms with Crippen molar-refractivity contribution in [1.29, 1.82) is 0 Å². The Bertz CT molecular complexity index is 932. The first-order chi connectivity index (χ1) is 13.6. The van der Waals surface area contributed by atoms with Gasteiger partial charge in [0.05, 0.1) is 14.2 Å². The molecule has 146 valence electrons. The van der Waals surface area contributed by atoms with Crippen molar-refractivity contribution in [3.8, 4) is 11.5 Å². The van der Waals surface area contributed by atoms with Crippen LogP contribution >= 0.6 is 0 Å². The van der Waals surface area contributed by atoms with Gasteiger partial charge in [-0.1, -0.05) is 18.2 Å². The van der Waals surface area contributed by atoms with Gasteiger partial charge in [0.15, 0.2) is 11.5 Å².